The van der Waals surface area contributed by atoms with E-state index in [-0.39, 0.29) is 16.9 Å². The van der Waals surface area contributed by atoms with Crippen molar-refractivity contribution in [3.63, 3.8) is 0 Å². The Balaban J connectivity index is 2.74. The van der Waals surface area contributed by atoms with Gasteiger partial charge in [0.25, 0.3) is 5.56 Å². The van der Waals surface area contributed by atoms with Gasteiger partial charge in [-0.05, 0) is 26.8 Å². The molecule has 0 unspecified atom stereocenters. The Hall–Kier alpha value is -2.11. The second-order valence-electron chi connectivity index (χ2n) is 5.27. The van der Waals surface area contributed by atoms with Crippen LogP contribution < -0.4 is 16.6 Å². The summed E-state index contributed by atoms with van der Waals surface area (Å²) in [6, 6.07) is 1.63. The molecule has 2 aromatic rings. The van der Waals surface area contributed by atoms with Crippen LogP contribution in [-0.2, 0) is 7.05 Å². The zero-order valence-electron chi connectivity index (χ0n) is 11.0. The third kappa shape index (κ3) is 2.13. The summed E-state index contributed by atoms with van der Waals surface area (Å²) in [6.45, 7) is 5.99. The predicted octanol–water partition coefficient (Wildman–Crippen LogP) is 1.12. The molecule has 6 heteroatoms. The number of fused-ring (bicyclic) bond motifs is 1. The highest BCUT2D eigenvalue weighted by Gasteiger charge is 2.15. The van der Waals surface area contributed by atoms with Crippen LogP contribution in [-0.4, -0.2) is 20.1 Å². The van der Waals surface area contributed by atoms with Gasteiger partial charge in [-0.1, -0.05) is 0 Å². The van der Waals surface area contributed by atoms with Crippen LogP contribution in [0.5, 0.6) is 0 Å². The van der Waals surface area contributed by atoms with Crippen LogP contribution in [0.4, 0.5) is 11.8 Å². The Bertz CT molecular complexity index is 654. The number of aromatic nitrogens is 3. The van der Waals surface area contributed by atoms with Crippen molar-refractivity contribution in [1.29, 1.82) is 0 Å². The molecule has 2 rings (SSSR count). The summed E-state index contributed by atoms with van der Waals surface area (Å²) in [7, 11) is 1.68. The fraction of sp³-hybridized carbons (Fsp3) is 0.417. The van der Waals surface area contributed by atoms with E-state index in [4.69, 9.17) is 5.73 Å². The number of hydrogen-bond acceptors (Lipinski definition) is 5. The van der Waals surface area contributed by atoms with E-state index in [0.29, 0.717) is 16.9 Å². The number of nitrogens with one attached hydrogen (secondary N) is 1. The third-order valence-electron chi connectivity index (χ3n) is 2.51. The van der Waals surface area contributed by atoms with Gasteiger partial charge in [-0.2, -0.15) is 0 Å². The molecule has 0 aliphatic carbocycles. The summed E-state index contributed by atoms with van der Waals surface area (Å²) >= 11 is 0. The predicted molar refractivity (Wildman–Crippen MR) is 72.6 cm³/mol. The number of anilines is 2. The number of hydrogen-bond donors (Lipinski definition) is 2. The van der Waals surface area contributed by atoms with Crippen LogP contribution in [0.25, 0.3) is 10.9 Å². The summed E-state index contributed by atoms with van der Waals surface area (Å²) < 4.78 is 1.48. The summed E-state index contributed by atoms with van der Waals surface area (Å²) in [6.07, 6.45) is 1.51. The van der Waals surface area contributed by atoms with Gasteiger partial charge in [0.1, 0.15) is 11.3 Å². The number of nitrogen functional groups attached to an aromatic ring is 1. The molecule has 0 aromatic carbocycles. The minimum atomic E-state index is -0.193. The minimum Gasteiger partial charge on any atom is -0.382 e. The molecule has 18 heavy (non-hydrogen) atoms. The molecule has 0 spiro atoms. The van der Waals surface area contributed by atoms with E-state index in [1.54, 1.807) is 13.1 Å². The Labute approximate surface area is 105 Å². The van der Waals surface area contributed by atoms with Crippen LogP contribution in [0.15, 0.2) is 17.1 Å². The van der Waals surface area contributed by atoms with Gasteiger partial charge in [0.05, 0.1) is 5.39 Å². The summed E-state index contributed by atoms with van der Waals surface area (Å²) in [4.78, 5) is 20.5. The minimum absolute atomic E-state index is 0.138. The van der Waals surface area contributed by atoms with Crippen LogP contribution in [0.2, 0.25) is 0 Å². The van der Waals surface area contributed by atoms with E-state index in [0.717, 1.165) is 0 Å². The van der Waals surface area contributed by atoms with Gasteiger partial charge in [0, 0.05) is 18.8 Å². The topological polar surface area (TPSA) is 85.8 Å². The number of rotatable bonds is 1. The molecule has 96 valence electrons. The molecule has 0 aliphatic heterocycles. The van der Waals surface area contributed by atoms with E-state index in [1.807, 2.05) is 20.8 Å². The molecule has 0 atom stereocenters. The average molecular weight is 247 g/mol. The first-order valence-electron chi connectivity index (χ1n) is 5.69. The highest BCUT2D eigenvalue weighted by molar-refractivity contribution is 5.87. The first-order valence-corrected chi connectivity index (χ1v) is 5.69. The van der Waals surface area contributed by atoms with Gasteiger partial charge >= 0.3 is 0 Å². The summed E-state index contributed by atoms with van der Waals surface area (Å²) in [5.41, 5.74) is 5.86. The lowest BCUT2D eigenvalue weighted by Crippen LogP contribution is -2.32. The lowest BCUT2D eigenvalue weighted by molar-refractivity contribution is 0.615. The first-order chi connectivity index (χ1) is 8.29. The molecule has 3 N–H and O–H groups in total. The first kappa shape index (κ1) is 12.3. The molecule has 0 amide bonds. The van der Waals surface area contributed by atoms with Crippen LogP contribution in [0.1, 0.15) is 20.8 Å². The SMILES string of the molecule is Cn1c(NC(C)(C)C)nc2c(N)nccc2c1=O. The second-order valence-corrected chi connectivity index (χ2v) is 5.27. The van der Waals surface area contributed by atoms with E-state index in [2.05, 4.69) is 15.3 Å². The lowest BCUT2D eigenvalue weighted by Gasteiger charge is -2.23. The van der Waals surface area contributed by atoms with Crippen molar-refractivity contribution < 1.29 is 0 Å². The Morgan fingerprint density at radius 1 is 1.39 bits per heavy atom. The van der Waals surface area contributed by atoms with Crippen molar-refractivity contribution in [2.75, 3.05) is 11.1 Å². The molecule has 0 fully saturated rings. The van der Waals surface area contributed by atoms with Gasteiger partial charge in [-0.3, -0.25) is 9.36 Å². The van der Waals surface area contributed by atoms with Crippen molar-refractivity contribution in [2.45, 2.75) is 26.3 Å². The molecule has 6 nitrogen and oxygen atoms in total. The number of pyridine rings is 1. The number of nitrogens with two attached hydrogens (primary N) is 1. The van der Waals surface area contributed by atoms with Gasteiger partial charge < -0.3 is 11.1 Å². The zero-order valence-corrected chi connectivity index (χ0v) is 11.0. The quantitative estimate of drug-likeness (QED) is 0.788. The maximum atomic E-state index is 12.2. The van der Waals surface area contributed by atoms with Crippen molar-refractivity contribution in [3.8, 4) is 0 Å². The fourth-order valence-corrected chi connectivity index (χ4v) is 1.67. The second kappa shape index (κ2) is 3.97. The molecule has 2 heterocycles. The van der Waals surface area contributed by atoms with Crippen LogP contribution in [0.3, 0.4) is 0 Å². The normalized spacial score (nSPS) is 11.8. The molecule has 0 saturated heterocycles. The van der Waals surface area contributed by atoms with Gasteiger partial charge in [0.15, 0.2) is 0 Å². The molecule has 0 radical (unpaired) electrons. The van der Waals surface area contributed by atoms with Crippen LogP contribution >= 0.6 is 0 Å². The Kier molecular flexibility index (Phi) is 2.73. The van der Waals surface area contributed by atoms with Gasteiger partial charge in [0.2, 0.25) is 5.95 Å². The zero-order chi connectivity index (χ0) is 13.5. The van der Waals surface area contributed by atoms with Crippen molar-refractivity contribution in [2.24, 2.45) is 7.05 Å². The van der Waals surface area contributed by atoms with Crippen LogP contribution in [0, 0.1) is 0 Å². The standard InChI is InChI=1S/C12H17N5O/c1-12(2,3)16-11-15-8-7(10(18)17(11)4)5-6-14-9(8)13/h5-6H,1-4H3,(H2,13,14)(H,15,16). The van der Waals surface area contributed by atoms with E-state index >= 15 is 0 Å². The summed E-state index contributed by atoms with van der Waals surface area (Å²) in [5.74, 6) is 0.752. The van der Waals surface area contributed by atoms with Gasteiger partial charge in [-0.25, -0.2) is 9.97 Å². The van der Waals surface area contributed by atoms with E-state index in [9.17, 15) is 4.79 Å². The molecule has 2 aromatic heterocycles. The average Bonchev–Trinajstić information content (AvgIpc) is 2.25. The third-order valence-corrected chi connectivity index (χ3v) is 2.51. The van der Waals surface area contributed by atoms with Crippen molar-refractivity contribution in [3.05, 3.63) is 22.6 Å². The maximum Gasteiger partial charge on any atom is 0.262 e. The largest absolute Gasteiger partial charge is 0.382 e. The van der Waals surface area contributed by atoms with E-state index < -0.39 is 0 Å². The Morgan fingerprint density at radius 2 is 2.06 bits per heavy atom. The molecular weight excluding hydrogens is 230 g/mol. The maximum absolute atomic E-state index is 12.2. The fourth-order valence-electron chi connectivity index (χ4n) is 1.67. The number of nitrogens with zero attached hydrogens (tertiary/aromatic N) is 3. The lowest BCUT2D eigenvalue weighted by atomic mass is 10.1. The molecular formula is C12H17N5O. The molecule has 0 bridgehead atoms. The Morgan fingerprint density at radius 3 is 2.67 bits per heavy atom. The van der Waals surface area contributed by atoms with Crippen molar-refractivity contribution >= 4 is 22.7 Å². The summed E-state index contributed by atoms with van der Waals surface area (Å²) in [5, 5.41) is 3.65. The highest BCUT2D eigenvalue weighted by atomic mass is 16.1. The van der Waals surface area contributed by atoms with Gasteiger partial charge in [-0.15, -0.1) is 0 Å². The monoisotopic (exact) mass is 247 g/mol. The highest BCUT2D eigenvalue weighted by Crippen LogP contribution is 2.17. The van der Waals surface area contributed by atoms with E-state index in [1.165, 1.54) is 10.8 Å². The smallest absolute Gasteiger partial charge is 0.262 e. The molecule has 0 saturated carbocycles. The van der Waals surface area contributed by atoms with Crippen molar-refractivity contribution in [1.82, 2.24) is 14.5 Å². The molecule has 0 aliphatic rings.